The van der Waals surface area contributed by atoms with Crippen LogP contribution in [0.15, 0.2) is 12.3 Å². The maximum Gasteiger partial charge on any atom is 0.496 e. The molecule has 0 bridgehead atoms. The van der Waals surface area contributed by atoms with E-state index in [9.17, 15) is 8.78 Å². The van der Waals surface area contributed by atoms with E-state index in [2.05, 4.69) is 4.98 Å². The number of hydrogen-bond acceptors (Lipinski definition) is 2. The van der Waals surface area contributed by atoms with Gasteiger partial charge in [0.15, 0.2) is 0 Å². The molecule has 1 aliphatic heterocycles. The molecule has 1 N–H and O–H groups in total. The van der Waals surface area contributed by atoms with Gasteiger partial charge in [0.2, 0.25) is 0 Å². The Hall–Kier alpha value is -0.875. The smallest absolute Gasteiger partial charge is 0.399 e. The lowest BCUT2D eigenvalue weighted by atomic mass is 9.81. The molecule has 0 unspecified atom stereocenters. The van der Waals surface area contributed by atoms with Crippen LogP contribution in [0.2, 0.25) is 0 Å². The van der Waals surface area contributed by atoms with Crippen molar-refractivity contribution in [2.45, 2.75) is 45.3 Å². The van der Waals surface area contributed by atoms with E-state index in [0.29, 0.717) is 5.46 Å². The van der Waals surface area contributed by atoms with Crippen molar-refractivity contribution in [2.24, 2.45) is 0 Å². The number of halogens is 2. The molecule has 1 saturated heterocycles. The SMILES string of the molecule is CC1(C)OB(c2c[nH]c(C(F)F)c2)OC1(C)C. The van der Waals surface area contributed by atoms with E-state index in [0.717, 1.165) is 0 Å². The molecule has 2 heterocycles. The van der Waals surface area contributed by atoms with Crippen LogP contribution in [-0.2, 0) is 9.31 Å². The fraction of sp³-hybridized carbons (Fsp3) is 0.636. The Balaban J connectivity index is 2.20. The second-order valence-corrected chi connectivity index (χ2v) is 5.28. The Morgan fingerprint density at radius 3 is 2.12 bits per heavy atom. The van der Waals surface area contributed by atoms with Crippen LogP contribution in [0.5, 0.6) is 0 Å². The van der Waals surface area contributed by atoms with Gasteiger partial charge in [0.25, 0.3) is 6.43 Å². The molecule has 1 aliphatic rings. The van der Waals surface area contributed by atoms with Crippen LogP contribution in [0.3, 0.4) is 0 Å². The fourth-order valence-corrected chi connectivity index (χ4v) is 1.67. The normalized spacial score (nSPS) is 22.4. The van der Waals surface area contributed by atoms with Gasteiger partial charge in [0, 0.05) is 11.7 Å². The van der Waals surface area contributed by atoms with Crippen LogP contribution in [0.1, 0.15) is 39.8 Å². The summed E-state index contributed by atoms with van der Waals surface area (Å²) in [5, 5.41) is 0. The first-order valence-electron chi connectivity index (χ1n) is 5.55. The second kappa shape index (κ2) is 3.81. The van der Waals surface area contributed by atoms with Crippen molar-refractivity contribution in [2.75, 3.05) is 0 Å². The maximum atomic E-state index is 12.5. The molecule has 17 heavy (non-hydrogen) atoms. The molecule has 0 saturated carbocycles. The van der Waals surface area contributed by atoms with Crippen molar-refractivity contribution in [1.29, 1.82) is 0 Å². The lowest BCUT2D eigenvalue weighted by Crippen LogP contribution is -2.41. The molecule has 1 fully saturated rings. The van der Waals surface area contributed by atoms with Crippen molar-refractivity contribution >= 4 is 12.6 Å². The van der Waals surface area contributed by atoms with Crippen molar-refractivity contribution in [1.82, 2.24) is 4.98 Å². The summed E-state index contributed by atoms with van der Waals surface area (Å²) in [5.41, 5.74) is -0.437. The Labute approximate surface area is 99.6 Å². The summed E-state index contributed by atoms with van der Waals surface area (Å²) < 4.78 is 36.4. The average Bonchev–Trinajstić information content (AvgIpc) is 2.70. The van der Waals surface area contributed by atoms with E-state index < -0.39 is 24.7 Å². The third-order valence-electron chi connectivity index (χ3n) is 3.49. The van der Waals surface area contributed by atoms with Gasteiger partial charge in [-0.3, -0.25) is 0 Å². The summed E-state index contributed by atoms with van der Waals surface area (Å²) in [7, 11) is -0.594. The van der Waals surface area contributed by atoms with E-state index in [4.69, 9.17) is 9.31 Å². The van der Waals surface area contributed by atoms with Crippen molar-refractivity contribution < 1.29 is 18.1 Å². The molecule has 0 radical (unpaired) electrons. The molecular weight excluding hydrogens is 227 g/mol. The van der Waals surface area contributed by atoms with Crippen LogP contribution in [0.25, 0.3) is 0 Å². The fourth-order valence-electron chi connectivity index (χ4n) is 1.67. The Morgan fingerprint density at radius 1 is 1.18 bits per heavy atom. The largest absolute Gasteiger partial charge is 0.496 e. The summed E-state index contributed by atoms with van der Waals surface area (Å²) in [6.45, 7) is 7.70. The zero-order valence-corrected chi connectivity index (χ0v) is 10.4. The standard InChI is InChI=1S/C11H16BF2NO2/c1-10(2)11(3,4)17-12(16-10)7-5-8(9(13)14)15-6-7/h5-6,9,15H,1-4H3. The van der Waals surface area contributed by atoms with Gasteiger partial charge in [-0.25, -0.2) is 8.78 Å². The van der Waals surface area contributed by atoms with E-state index in [1.165, 1.54) is 12.3 Å². The zero-order valence-electron chi connectivity index (χ0n) is 10.4. The van der Waals surface area contributed by atoms with Gasteiger partial charge in [0.1, 0.15) is 0 Å². The Kier molecular flexibility index (Phi) is 2.82. The van der Waals surface area contributed by atoms with Gasteiger partial charge in [-0.2, -0.15) is 0 Å². The van der Waals surface area contributed by atoms with E-state index in [1.807, 2.05) is 27.7 Å². The topological polar surface area (TPSA) is 34.2 Å². The van der Waals surface area contributed by atoms with E-state index in [-0.39, 0.29) is 5.69 Å². The van der Waals surface area contributed by atoms with Gasteiger partial charge >= 0.3 is 7.12 Å². The highest BCUT2D eigenvalue weighted by Gasteiger charge is 2.51. The Morgan fingerprint density at radius 2 is 1.71 bits per heavy atom. The van der Waals surface area contributed by atoms with Crippen molar-refractivity contribution in [3.63, 3.8) is 0 Å². The van der Waals surface area contributed by atoms with Gasteiger partial charge in [-0.15, -0.1) is 0 Å². The average molecular weight is 243 g/mol. The Bertz CT molecular complexity index is 401. The predicted octanol–water partition coefficient (Wildman–Crippen LogP) is 2.25. The summed E-state index contributed by atoms with van der Waals surface area (Å²) in [4.78, 5) is 2.53. The number of hydrogen-bond donors (Lipinski definition) is 1. The first-order valence-corrected chi connectivity index (χ1v) is 5.55. The third-order valence-corrected chi connectivity index (χ3v) is 3.49. The maximum absolute atomic E-state index is 12.5. The quantitative estimate of drug-likeness (QED) is 0.808. The van der Waals surface area contributed by atoms with Gasteiger partial charge < -0.3 is 14.3 Å². The molecule has 0 atom stereocenters. The van der Waals surface area contributed by atoms with Crippen molar-refractivity contribution in [3.05, 3.63) is 18.0 Å². The second-order valence-electron chi connectivity index (χ2n) is 5.28. The minimum Gasteiger partial charge on any atom is -0.399 e. The number of nitrogens with one attached hydrogen (secondary N) is 1. The van der Waals surface area contributed by atoms with E-state index in [1.54, 1.807) is 0 Å². The molecule has 0 spiro atoms. The molecule has 94 valence electrons. The first kappa shape index (κ1) is 12.6. The highest BCUT2D eigenvalue weighted by molar-refractivity contribution is 6.62. The van der Waals surface area contributed by atoms with Crippen LogP contribution in [0, 0.1) is 0 Å². The molecular formula is C11H16BF2NO2. The van der Waals surface area contributed by atoms with Crippen LogP contribution < -0.4 is 5.46 Å². The highest BCUT2D eigenvalue weighted by Crippen LogP contribution is 2.36. The number of rotatable bonds is 2. The van der Waals surface area contributed by atoms with Gasteiger partial charge in [-0.05, 0) is 33.8 Å². The third kappa shape index (κ3) is 2.11. The summed E-state index contributed by atoms with van der Waals surface area (Å²) in [5.74, 6) is 0. The minimum absolute atomic E-state index is 0.116. The number of aromatic nitrogens is 1. The minimum atomic E-state index is -2.51. The van der Waals surface area contributed by atoms with Gasteiger partial charge in [-0.1, -0.05) is 0 Å². The zero-order chi connectivity index (χ0) is 12.8. The lowest BCUT2D eigenvalue weighted by molar-refractivity contribution is 0.00578. The predicted molar refractivity (Wildman–Crippen MR) is 61.5 cm³/mol. The van der Waals surface area contributed by atoms with Crippen LogP contribution >= 0.6 is 0 Å². The number of aromatic amines is 1. The molecule has 0 aliphatic carbocycles. The molecule has 0 amide bonds. The summed E-state index contributed by atoms with van der Waals surface area (Å²) in [6, 6.07) is 1.38. The van der Waals surface area contributed by atoms with Crippen LogP contribution in [-0.4, -0.2) is 23.3 Å². The summed E-state index contributed by atoms with van der Waals surface area (Å²) in [6.07, 6.45) is -1.00. The lowest BCUT2D eigenvalue weighted by Gasteiger charge is -2.32. The molecule has 6 heteroatoms. The first-order chi connectivity index (χ1) is 7.73. The highest BCUT2D eigenvalue weighted by atomic mass is 19.3. The van der Waals surface area contributed by atoms with Crippen LogP contribution in [0.4, 0.5) is 8.78 Å². The number of alkyl halides is 2. The summed E-state index contributed by atoms with van der Waals surface area (Å²) >= 11 is 0. The van der Waals surface area contributed by atoms with E-state index >= 15 is 0 Å². The number of H-pyrrole nitrogens is 1. The van der Waals surface area contributed by atoms with Crippen molar-refractivity contribution in [3.8, 4) is 0 Å². The molecule has 2 rings (SSSR count). The molecule has 0 aromatic carbocycles. The molecule has 3 nitrogen and oxygen atoms in total. The monoisotopic (exact) mass is 243 g/mol. The molecule has 1 aromatic rings. The molecule has 1 aromatic heterocycles. The van der Waals surface area contributed by atoms with Gasteiger partial charge in [0.05, 0.1) is 16.9 Å².